The van der Waals surface area contributed by atoms with E-state index in [-0.39, 0.29) is 17.2 Å². The van der Waals surface area contributed by atoms with Gasteiger partial charge in [0.15, 0.2) is 11.6 Å². The molecule has 0 fully saturated rings. The number of nitrogens with zero attached hydrogens (tertiary/aromatic N) is 2. The largest absolute Gasteiger partial charge is 0.438 e. The number of hydrogen-bond donors (Lipinski definition) is 0. The fourth-order valence-electron chi connectivity index (χ4n) is 1.40. The van der Waals surface area contributed by atoms with Gasteiger partial charge >= 0.3 is 0 Å². The molecule has 2 aromatic rings. The van der Waals surface area contributed by atoms with E-state index in [1.807, 2.05) is 6.07 Å². The number of aromatic nitrogens is 1. The van der Waals surface area contributed by atoms with Crippen molar-refractivity contribution in [3.63, 3.8) is 0 Å². The maximum absolute atomic E-state index is 13.0. The Morgan fingerprint density at radius 2 is 2.00 bits per heavy atom. The number of ether oxygens (including phenoxy) is 1. The molecule has 0 saturated carbocycles. The summed E-state index contributed by atoms with van der Waals surface area (Å²) >= 11 is 0. The lowest BCUT2D eigenvalue weighted by Gasteiger charge is -2.07. The van der Waals surface area contributed by atoms with Gasteiger partial charge in [-0.25, -0.2) is 13.8 Å². The Balaban J connectivity index is 2.37. The summed E-state index contributed by atoms with van der Waals surface area (Å²) in [5.41, 5.74) is 0.965. The molecule has 0 aliphatic heterocycles. The van der Waals surface area contributed by atoms with Crippen molar-refractivity contribution in [1.82, 2.24) is 4.98 Å². The Kier molecular flexibility index (Phi) is 3.20. The van der Waals surface area contributed by atoms with Crippen LogP contribution in [0.1, 0.15) is 11.1 Å². The standard InChI is InChI=1S/C13H8F2N2O/c1-8-4-5-17-13(10(8)7-16)18-9-2-3-11(14)12(15)6-9/h2-6H,1H3. The second-order valence-electron chi connectivity index (χ2n) is 3.60. The van der Waals surface area contributed by atoms with E-state index >= 15 is 0 Å². The number of rotatable bonds is 2. The van der Waals surface area contributed by atoms with Gasteiger partial charge in [-0.3, -0.25) is 0 Å². The smallest absolute Gasteiger partial charge is 0.237 e. The van der Waals surface area contributed by atoms with E-state index in [9.17, 15) is 8.78 Å². The van der Waals surface area contributed by atoms with Crippen LogP contribution in [0.2, 0.25) is 0 Å². The summed E-state index contributed by atoms with van der Waals surface area (Å²) < 4.78 is 31.0. The molecule has 0 saturated heterocycles. The minimum absolute atomic E-state index is 0.0727. The second-order valence-corrected chi connectivity index (χ2v) is 3.60. The lowest BCUT2D eigenvalue weighted by Crippen LogP contribution is -1.95. The lowest BCUT2D eigenvalue weighted by atomic mass is 10.2. The zero-order chi connectivity index (χ0) is 13.1. The molecule has 1 aromatic carbocycles. The van der Waals surface area contributed by atoms with E-state index in [2.05, 4.69) is 4.98 Å². The van der Waals surface area contributed by atoms with Crippen molar-refractivity contribution in [2.45, 2.75) is 6.92 Å². The van der Waals surface area contributed by atoms with Crippen LogP contribution in [0.15, 0.2) is 30.5 Å². The quantitative estimate of drug-likeness (QED) is 0.816. The van der Waals surface area contributed by atoms with Crippen LogP contribution in [0.4, 0.5) is 8.78 Å². The molecule has 0 N–H and O–H groups in total. The summed E-state index contributed by atoms with van der Waals surface area (Å²) in [4.78, 5) is 3.90. The van der Waals surface area contributed by atoms with Crippen molar-refractivity contribution in [2.24, 2.45) is 0 Å². The minimum atomic E-state index is -1.02. The van der Waals surface area contributed by atoms with Gasteiger partial charge in [0.25, 0.3) is 0 Å². The molecular formula is C13H8F2N2O. The average molecular weight is 246 g/mol. The highest BCUT2D eigenvalue weighted by Crippen LogP contribution is 2.25. The highest BCUT2D eigenvalue weighted by molar-refractivity contribution is 5.45. The number of pyridine rings is 1. The maximum atomic E-state index is 13.0. The summed E-state index contributed by atoms with van der Waals surface area (Å²) in [6.07, 6.45) is 1.48. The number of nitriles is 1. The second kappa shape index (κ2) is 4.80. The van der Waals surface area contributed by atoms with Crippen LogP contribution in [-0.4, -0.2) is 4.98 Å². The van der Waals surface area contributed by atoms with Crippen molar-refractivity contribution in [2.75, 3.05) is 0 Å². The third kappa shape index (κ3) is 2.28. The van der Waals surface area contributed by atoms with Gasteiger partial charge in [0.2, 0.25) is 5.88 Å². The summed E-state index contributed by atoms with van der Waals surface area (Å²) in [5, 5.41) is 8.97. The van der Waals surface area contributed by atoms with Crippen LogP contribution in [-0.2, 0) is 0 Å². The summed E-state index contributed by atoms with van der Waals surface area (Å²) in [7, 11) is 0. The van der Waals surface area contributed by atoms with E-state index < -0.39 is 11.6 Å². The van der Waals surface area contributed by atoms with Crippen LogP contribution < -0.4 is 4.74 Å². The van der Waals surface area contributed by atoms with Gasteiger partial charge in [-0.2, -0.15) is 5.26 Å². The molecular weight excluding hydrogens is 238 g/mol. The van der Waals surface area contributed by atoms with Crippen LogP contribution in [0.5, 0.6) is 11.6 Å². The van der Waals surface area contributed by atoms with Crippen LogP contribution in [0.3, 0.4) is 0 Å². The number of aryl methyl sites for hydroxylation is 1. The third-order valence-electron chi connectivity index (χ3n) is 2.34. The SMILES string of the molecule is Cc1ccnc(Oc2ccc(F)c(F)c2)c1C#N. The van der Waals surface area contributed by atoms with Gasteiger partial charge in [0.05, 0.1) is 0 Å². The highest BCUT2D eigenvalue weighted by atomic mass is 19.2. The molecule has 0 spiro atoms. The molecule has 1 aromatic heterocycles. The van der Waals surface area contributed by atoms with Crippen LogP contribution in [0.25, 0.3) is 0 Å². The van der Waals surface area contributed by atoms with E-state index in [1.54, 1.807) is 13.0 Å². The zero-order valence-electron chi connectivity index (χ0n) is 9.45. The predicted octanol–water partition coefficient (Wildman–Crippen LogP) is 3.33. The lowest BCUT2D eigenvalue weighted by molar-refractivity contribution is 0.446. The predicted molar refractivity (Wildman–Crippen MR) is 60.1 cm³/mol. The average Bonchev–Trinajstić information content (AvgIpc) is 2.34. The van der Waals surface area contributed by atoms with Gasteiger partial charge < -0.3 is 4.74 Å². The topological polar surface area (TPSA) is 45.9 Å². The Morgan fingerprint density at radius 3 is 2.67 bits per heavy atom. The molecule has 0 aliphatic rings. The van der Waals surface area contributed by atoms with E-state index in [0.717, 1.165) is 12.1 Å². The molecule has 0 amide bonds. The monoisotopic (exact) mass is 246 g/mol. The number of benzene rings is 1. The zero-order valence-corrected chi connectivity index (χ0v) is 9.45. The highest BCUT2D eigenvalue weighted by Gasteiger charge is 2.10. The molecule has 90 valence electrons. The summed E-state index contributed by atoms with van der Waals surface area (Å²) in [5.74, 6) is -1.81. The van der Waals surface area contributed by atoms with Gasteiger partial charge in [-0.15, -0.1) is 0 Å². The Hall–Kier alpha value is -2.48. The molecule has 2 rings (SSSR count). The van der Waals surface area contributed by atoms with Crippen molar-refractivity contribution in [3.05, 3.63) is 53.2 Å². The third-order valence-corrected chi connectivity index (χ3v) is 2.34. The molecule has 5 heteroatoms. The first kappa shape index (κ1) is 12.0. The number of halogens is 2. The molecule has 0 unspecified atom stereocenters. The molecule has 3 nitrogen and oxygen atoms in total. The maximum Gasteiger partial charge on any atom is 0.237 e. The van der Waals surface area contributed by atoms with Crippen molar-refractivity contribution in [1.29, 1.82) is 5.26 Å². The first-order chi connectivity index (χ1) is 8.61. The number of hydrogen-bond acceptors (Lipinski definition) is 3. The molecule has 0 bridgehead atoms. The first-order valence-corrected chi connectivity index (χ1v) is 5.10. The Bertz CT molecular complexity index is 635. The normalized spacial score (nSPS) is 9.89. The van der Waals surface area contributed by atoms with Gasteiger partial charge in [-0.05, 0) is 30.7 Å². The van der Waals surface area contributed by atoms with Crippen LogP contribution >= 0.6 is 0 Å². The van der Waals surface area contributed by atoms with E-state index in [4.69, 9.17) is 10.00 Å². The van der Waals surface area contributed by atoms with Crippen molar-refractivity contribution in [3.8, 4) is 17.7 Å². The Labute approximate surface area is 102 Å². The van der Waals surface area contributed by atoms with Gasteiger partial charge in [0.1, 0.15) is 17.4 Å². The van der Waals surface area contributed by atoms with E-state index in [1.165, 1.54) is 12.3 Å². The van der Waals surface area contributed by atoms with E-state index in [0.29, 0.717) is 5.56 Å². The summed E-state index contributed by atoms with van der Waals surface area (Å²) in [6, 6.07) is 6.74. The van der Waals surface area contributed by atoms with Crippen molar-refractivity contribution < 1.29 is 13.5 Å². The summed E-state index contributed by atoms with van der Waals surface area (Å²) in [6.45, 7) is 1.73. The molecule has 0 radical (unpaired) electrons. The fourth-order valence-corrected chi connectivity index (χ4v) is 1.40. The molecule has 1 heterocycles. The van der Waals surface area contributed by atoms with Crippen LogP contribution in [0, 0.1) is 29.9 Å². The fraction of sp³-hybridized carbons (Fsp3) is 0.0769. The minimum Gasteiger partial charge on any atom is -0.438 e. The molecule has 0 atom stereocenters. The van der Waals surface area contributed by atoms with Gasteiger partial charge in [-0.1, -0.05) is 0 Å². The van der Waals surface area contributed by atoms with Crippen molar-refractivity contribution >= 4 is 0 Å². The van der Waals surface area contributed by atoms with Gasteiger partial charge in [0, 0.05) is 12.3 Å². The molecule has 0 aliphatic carbocycles. The molecule has 18 heavy (non-hydrogen) atoms. The first-order valence-electron chi connectivity index (χ1n) is 5.10. The Morgan fingerprint density at radius 1 is 1.22 bits per heavy atom.